The molecule has 3 atom stereocenters. The van der Waals surface area contributed by atoms with Crippen LogP contribution >= 0.6 is 0 Å². The van der Waals surface area contributed by atoms with Gasteiger partial charge >= 0.3 is 0 Å². The number of nitrogens with zero attached hydrogens (tertiary/aromatic N) is 2. The standard InChI is InChI=1S/C16H20N2O/c1-11-8-12-10-14-13(4-2-6-17-14)16(12)5-3-7-18(19)15(16)9-11/h2,4,6,11-12H,3,5,7-10H2,1H3/t11-,12?,16+/m1/s1. The van der Waals surface area contributed by atoms with E-state index in [1.165, 1.54) is 22.4 Å². The van der Waals surface area contributed by atoms with E-state index in [4.69, 9.17) is 0 Å². The van der Waals surface area contributed by atoms with E-state index < -0.39 is 0 Å². The van der Waals surface area contributed by atoms with Crippen LogP contribution in [0.5, 0.6) is 0 Å². The van der Waals surface area contributed by atoms with Gasteiger partial charge in [-0.25, -0.2) is 4.74 Å². The molecule has 0 saturated heterocycles. The van der Waals surface area contributed by atoms with E-state index in [0.717, 1.165) is 31.4 Å². The van der Waals surface area contributed by atoms with Gasteiger partial charge in [-0.1, -0.05) is 13.0 Å². The summed E-state index contributed by atoms with van der Waals surface area (Å²) >= 11 is 0. The summed E-state index contributed by atoms with van der Waals surface area (Å²) in [5.41, 5.74) is 3.81. The maximum atomic E-state index is 12.4. The molecule has 1 aromatic rings. The number of hydrogen-bond donors (Lipinski definition) is 0. The number of rotatable bonds is 0. The number of hydroxylamine groups is 1. The predicted molar refractivity (Wildman–Crippen MR) is 74.2 cm³/mol. The molecule has 19 heavy (non-hydrogen) atoms. The quantitative estimate of drug-likeness (QED) is 0.529. The Bertz CT molecular complexity index is 566. The van der Waals surface area contributed by atoms with Crippen molar-refractivity contribution in [2.45, 2.75) is 44.4 Å². The van der Waals surface area contributed by atoms with Gasteiger partial charge in [0.2, 0.25) is 0 Å². The fourth-order valence-electron chi connectivity index (χ4n) is 4.84. The van der Waals surface area contributed by atoms with Gasteiger partial charge in [-0.05, 0) is 42.7 Å². The summed E-state index contributed by atoms with van der Waals surface area (Å²) in [5.74, 6) is 1.24. The molecule has 2 heterocycles. The zero-order chi connectivity index (χ0) is 13.0. The van der Waals surface area contributed by atoms with Crippen molar-refractivity contribution < 1.29 is 4.74 Å². The molecule has 1 spiro atoms. The second-order valence-electron chi connectivity index (χ2n) is 6.57. The molecule has 0 amide bonds. The lowest BCUT2D eigenvalue weighted by molar-refractivity contribution is -0.470. The van der Waals surface area contributed by atoms with Gasteiger partial charge in [-0.15, -0.1) is 0 Å². The Hall–Kier alpha value is -1.38. The number of pyridine rings is 1. The number of hydrogen-bond acceptors (Lipinski definition) is 2. The van der Waals surface area contributed by atoms with Crippen molar-refractivity contribution in [1.29, 1.82) is 0 Å². The van der Waals surface area contributed by atoms with Crippen LogP contribution in [0, 0.1) is 17.0 Å². The van der Waals surface area contributed by atoms with Gasteiger partial charge in [0.05, 0.1) is 5.41 Å². The van der Waals surface area contributed by atoms with Crippen LogP contribution in [-0.2, 0) is 11.8 Å². The van der Waals surface area contributed by atoms with Gasteiger partial charge in [-0.2, -0.15) is 0 Å². The van der Waals surface area contributed by atoms with Crippen LogP contribution in [0.3, 0.4) is 0 Å². The largest absolute Gasteiger partial charge is 0.624 e. The molecule has 1 aromatic heterocycles. The lowest BCUT2D eigenvalue weighted by Crippen LogP contribution is -2.51. The summed E-state index contributed by atoms with van der Waals surface area (Å²) in [5, 5.41) is 12.4. The molecule has 0 radical (unpaired) electrons. The monoisotopic (exact) mass is 256 g/mol. The molecular formula is C16H20N2O. The highest BCUT2D eigenvalue weighted by molar-refractivity contribution is 5.94. The van der Waals surface area contributed by atoms with Gasteiger partial charge in [-0.3, -0.25) is 4.98 Å². The SMILES string of the molecule is C[C@H]1CC2=[N+]([O-])CCC[C@]23c2cccnc2CC3C1. The minimum Gasteiger partial charge on any atom is -0.624 e. The third kappa shape index (κ3) is 1.39. The predicted octanol–water partition coefficient (Wildman–Crippen LogP) is 2.67. The molecular weight excluding hydrogens is 236 g/mol. The minimum absolute atomic E-state index is 0.0378. The van der Waals surface area contributed by atoms with Crippen molar-refractivity contribution in [2.24, 2.45) is 11.8 Å². The van der Waals surface area contributed by atoms with Crippen molar-refractivity contribution in [2.75, 3.05) is 6.54 Å². The maximum absolute atomic E-state index is 12.4. The molecule has 4 rings (SSSR count). The van der Waals surface area contributed by atoms with E-state index in [2.05, 4.69) is 18.0 Å². The summed E-state index contributed by atoms with van der Waals surface area (Å²) in [7, 11) is 0. The van der Waals surface area contributed by atoms with Crippen molar-refractivity contribution >= 4 is 5.71 Å². The summed E-state index contributed by atoms with van der Waals surface area (Å²) in [6, 6.07) is 4.26. The van der Waals surface area contributed by atoms with Gasteiger partial charge in [0.15, 0.2) is 12.3 Å². The Balaban J connectivity index is 1.96. The highest BCUT2D eigenvalue weighted by Crippen LogP contribution is 2.54. The van der Waals surface area contributed by atoms with Crippen LogP contribution in [0.2, 0.25) is 0 Å². The number of aromatic nitrogens is 1. The zero-order valence-corrected chi connectivity index (χ0v) is 11.4. The first kappa shape index (κ1) is 11.4. The van der Waals surface area contributed by atoms with Crippen molar-refractivity contribution in [3.05, 3.63) is 34.8 Å². The second-order valence-corrected chi connectivity index (χ2v) is 6.57. The molecule has 0 aromatic carbocycles. The lowest BCUT2D eigenvalue weighted by Gasteiger charge is -2.44. The molecule has 1 unspecified atom stereocenters. The third-order valence-electron chi connectivity index (χ3n) is 5.48. The molecule has 1 aliphatic heterocycles. The smallest absolute Gasteiger partial charge is 0.174 e. The summed E-state index contributed by atoms with van der Waals surface area (Å²) in [4.78, 5) is 4.59. The van der Waals surface area contributed by atoms with Crippen LogP contribution in [0.25, 0.3) is 0 Å². The summed E-state index contributed by atoms with van der Waals surface area (Å²) in [6.07, 6.45) is 7.36. The molecule has 0 bridgehead atoms. The van der Waals surface area contributed by atoms with Crippen LogP contribution < -0.4 is 0 Å². The Morgan fingerprint density at radius 2 is 2.32 bits per heavy atom. The molecule has 100 valence electrons. The topological polar surface area (TPSA) is 39.0 Å². The normalized spacial score (nSPS) is 36.7. The highest BCUT2D eigenvalue weighted by atomic mass is 16.5. The Kier molecular flexibility index (Phi) is 2.30. The van der Waals surface area contributed by atoms with E-state index in [0.29, 0.717) is 18.4 Å². The first-order valence-corrected chi connectivity index (χ1v) is 7.47. The van der Waals surface area contributed by atoms with E-state index >= 15 is 0 Å². The fourth-order valence-corrected chi connectivity index (χ4v) is 4.84. The number of fused-ring (bicyclic) bond motifs is 1. The molecule has 0 N–H and O–H groups in total. The third-order valence-corrected chi connectivity index (χ3v) is 5.48. The van der Waals surface area contributed by atoms with Crippen LogP contribution in [0.15, 0.2) is 18.3 Å². The highest BCUT2D eigenvalue weighted by Gasteiger charge is 2.57. The first-order valence-electron chi connectivity index (χ1n) is 7.47. The van der Waals surface area contributed by atoms with Crippen LogP contribution in [-0.4, -0.2) is 22.0 Å². The van der Waals surface area contributed by atoms with Crippen molar-refractivity contribution in [3.63, 3.8) is 0 Å². The summed E-state index contributed by atoms with van der Waals surface area (Å²) < 4.78 is 1.31. The molecule has 3 heteroatoms. The van der Waals surface area contributed by atoms with Crippen LogP contribution in [0.1, 0.15) is 43.9 Å². The Labute approximate surface area is 114 Å². The minimum atomic E-state index is 0.0378. The van der Waals surface area contributed by atoms with E-state index in [9.17, 15) is 5.21 Å². The molecule has 1 fully saturated rings. The van der Waals surface area contributed by atoms with E-state index in [1.807, 2.05) is 12.3 Å². The molecule has 2 aliphatic carbocycles. The Morgan fingerprint density at radius 3 is 3.21 bits per heavy atom. The second kappa shape index (κ2) is 3.81. The van der Waals surface area contributed by atoms with Gasteiger partial charge in [0.1, 0.15) is 0 Å². The fraction of sp³-hybridized carbons (Fsp3) is 0.625. The molecule has 3 aliphatic rings. The lowest BCUT2D eigenvalue weighted by atomic mass is 9.59. The van der Waals surface area contributed by atoms with E-state index in [1.54, 1.807) is 0 Å². The average molecular weight is 256 g/mol. The van der Waals surface area contributed by atoms with Gasteiger partial charge in [0, 0.05) is 24.7 Å². The molecule has 1 saturated carbocycles. The first-order chi connectivity index (χ1) is 9.22. The van der Waals surface area contributed by atoms with Crippen LogP contribution in [0.4, 0.5) is 0 Å². The van der Waals surface area contributed by atoms with Crippen molar-refractivity contribution in [1.82, 2.24) is 4.98 Å². The molecule has 3 nitrogen and oxygen atoms in total. The van der Waals surface area contributed by atoms with E-state index in [-0.39, 0.29) is 5.41 Å². The van der Waals surface area contributed by atoms with Crippen molar-refractivity contribution in [3.8, 4) is 0 Å². The maximum Gasteiger partial charge on any atom is 0.174 e. The Morgan fingerprint density at radius 1 is 1.42 bits per heavy atom. The zero-order valence-electron chi connectivity index (χ0n) is 11.4. The average Bonchev–Trinajstić information content (AvgIpc) is 2.71. The van der Waals surface area contributed by atoms with Gasteiger partial charge < -0.3 is 5.21 Å². The van der Waals surface area contributed by atoms with Gasteiger partial charge in [0.25, 0.3) is 0 Å². The summed E-state index contributed by atoms with van der Waals surface area (Å²) in [6.45, 7) is 2.97.